The van der Waals surface area contributed by atoms with Crippen LogP contribution in [0.3, 0.4) is 0 Å². The van der Waals surface area contributed by atoms with Crippen LogP contribution in [0.2, 0.25) is 0 Å². The molecule has 0 bridgehead atoms. The van der Waals surface area contributed by atoms with Crippen molar-refractivity contribution in [3.05, 3.63) is 29.8 Å². The second-order valence-electron chi connectivity index (χ2n) is 5.87. The molecule has 1 saturated heterocycles. The SMILES string of the molecule is CC(C)N1CC[C@@H](N[C@@H](C)c2ccc(OCC#N)cc2)C1=O. The summed E-state index contributed by atoms with van der Waals surface area (Å²) in [5, 5.41) is 11.9. The van der Waals surface area contributed by atoms with Gasteiger partial charge in [0.25, 0.3) is 0 Å². The standard InChI is InChI=1S/C17H23N3O2/c1-12(2)20-10-8-16(17(20)21)19-13(3)14-4-6-15(7-5-14)22-11-9-18/h4-7,12-13,16,19H,8,10-11H2,1-3H3/t13-,16+/m0/s1. The maximum atomic E-state index is 12.3. The third-order valence-electron chi connectivity index (χ3n) is 4.00. The topological polar surface area (TPSA) is 65.4 Å². The number of amides is 1. The molecular weight excluding hydrogens is 278 g/mol. The van der Waals surface area contributed by atoms with Gasteiger partial charge in [-0.1, -0.05) is 12.1 Å². The van der Waals surface area contributed by atoms with E-state index in [-0.39, 0.29) is 30.6 Å². The lowest BCUT2D eigenvalue weighted by Crippen LogP contribution is -2.41. The van der Waals surface area contributed by atoms with E-state index in [9.17, 15) is 4.79 Å². The second kappa shape index (κ2) is 7.28. The number of nitriles is 1. The number of nitrogens with one attached hydrogen (secondary N) is 1. The number of nitrogens with zero attached hydrogens (tertiary/aromatic N) is 2. The molecule has 0 aliphatic carbocycles. The maximum absolute atomic E-state index is 12.3. The summed E-state index contributed by atoms with van der Waals surface area (Å²) in [6.07, 6.45) is 0.852. The first-order chi connectivity index (χ1) is 10.5. The molecular formula is C17H23N3O2. The Hall–Kier alpha value is -2.06. The zero-order valence-electron chi connectivity index (χ0n) is 13.4. The molecule has 1 aliphatic rings. The summed E-state index contributed by atoms with van der Waals surface area (Å²) in [5.41, 5.74) is 1.10. The van der Waals surface area contributed by atoms with Gasteiger partial charge in [-0.2, -0.15) is 5.26 Å². The highest BCUT2D eigenvalue weighted by atomic mass is 16.5. The molecule has 22 heavy (non-hydrogen) atoms. The van der Waals surface area contributed by atoms with Crippen LogP contribution in [-0.4, -0.2) is 36.0 Å². The lowest BCUT2D eigenvalue weighted by Gasteiger charge is -2.23. The fraction of sp³-hybridized carbons (Fsp3) is 0.529. The molecule has 0 radical (unpaired) electrons. The molecule has 5 heteroatoms. The van der Waals surface area contributed by atoms with E-state index in [1.54, 1.807) is 0 Å². The Balaban J connectivity index is 1.94. The van der Waals surface area contributed by atoms with Gasteiger partial charge in [0.05, 0.1) is 6.04 Å². The summed E-state index contributed by atoms with van der Waals surface area (Å²) in [4.78, 5) is 14.2. The number of likely N-dealkylation sites (tertiary alicyclic amines) is 1. The van der Waals surface area contributed by atoms with Gasteiger partial charge in [0.2, 0.25) is 5.91 Å². The molecule has 1 heterocycles. The number of carbonyl (C=O) groups excluding carboxylic acids is 1. The van der Waals surface area contributed by atoms with Gasteiger partial charge in [-0.25, -0.2) is 0 Å². The van der Waals surface area contributed by atoms with Gasteiger partial charge < -0.3 is 9.64 Å². The zero-order chi connectivity index (χ0) is 16.1. The Kier molecular flexibility index (Phi) is 5.40. The summed E-state index contributed by atoms with van der Waals surface area (Å²) in [7, 11) is 0. The van der Waals surface area contributed by atoms with Crippen LogP contribution in [0.15, 0.2) is 24.3 Å². The Morgan fingerprint density at radius 1 is 1.36 bits per heavy atom. The molecule has 0 unspecified atom stereocenters. The number of hydrogen-bond donors (Lipinski definition) is 1. The van der Waals surface area contributed by atoms with Crippen molar-refractivity contribution in [2.24, 2.45) is 0 Å². The molecule has 0 spiro atoms. The molecule has 0 saturated carbocycles. The summed E-state index contributed by atoms with van der Waals surface area (Å²) in [5.74, 6) is 0.872. The van der Waals surface area contributed by atoms with Gasteiger partial charge in [0.15, 0.2) is 6.61 Å². The van der Waals surface area contributed by atoms with Gasteiger partial charge in [-0.05, 0) is 44.9 Å². The highest BCUT2D eigenvalue weighted by molar-refractivity contribution is 5.84. The molecule has 1 aromatic carbocycles. The van der Waals surface area contributed by atoms with E-state index in [4.69, 9.17) is 10.00 Å². The van der Waals surface area contributed by atoms with Crippen molar-refractivity contribution in [1.29, 1.82) is 5.26 Å². The van der Waals surface area contributed by atoms with E-state index in [0.717, 1.165) is 18.5 Å². The van der Waals surface area contributed by atoms with Gasteiger partial charge in [-0.3, -0.25) is 10.1 Å². The van der Waals surface area contributed by atoms with Crippen LogP contribution < -0.4 is 10.1 Å². The quantitative estimate of drug-likeness (QED) is 0.875. The van der Waals surface area contributed by atoms with Crippen molar-refractivity contribution >= 4 is 5.91 Å². The smallest absolute Gasteiger partial charge is 0.240 e. The maximum Gasteiger partial charge on any atom is 0.240 e. The summed E-state index contributed by atoms with van der Waals surface area (Å²) in [6.45, 7) is 7.01. The molecule has 118 valence electrons. The van der Waals surface area contributed by atoms with Crippen molar-refractivity contribution in [1.82, 2.24) is 10.2 Å². The second-order valence-corrected chi connectivity index (χ2v) is 5.87. The predicted molar refractivity (Wildman–Crippen MR) is 84.4 cm³/mol. The van der Waals surface area contributed by atoms with Crippen molar-refractivity contribution in [2.75, 3.05) is 13.2 Å². The monoisotopic (exact) mass is 301 g/mol. The number of rotatable bonds is 6. The average molecular weight is 301 g/mol. The zero-order valence-corrected chi connectivity index (χ0v) is 13.4. The summed E-state index contributed by atoms with van der Waals surface area (Å²) in [6, 6.07) is 9.81. The van der Waals surface area contributed by atoms with E-state index in [2.05, 4.69) is 12.2 Å². The number of hydrogen-bond acceptors (Lipinski definition) is 4. The van der Waals surface area contributed by atoms with E-state index < -0.39 is 0 Å². The minimum absolute atomic E-state index is 0.0504. The molecule has 5 nitrogen and oxygen atoms in total. The highest BCUT2D eigenvalue weighted by Gasteiger charge is 2.33. The Bertz CT molecular complexity index is 548. The number of carbonyl (C=O) groups is 1. The van der Waals surface area contributed by atoms with Crippen LogP contribution in [0, 0.1) is 11.3 Å². The molecule has 0 aromatic heterocycles. The summed E-state index contributed by atoms with van der Waals surface area (Å²) >= 11 is 0. The van der Waals surface area contributed by atoms with Crippen LogP contribution in [-0.2, 0) is 4.79 Å². The Labute approximate surface area is 131 Å². The first kappa shape index (κ1) is 16.3. The molecule has 1 aromatic rings. The number of benzene rings is 1. The minimum Gasteiger partial charge on any atom is -0.479 e. The van der Waals surface area contributed by atoms with E-state index in [1.807, 2.05) is 49.1 Å². The van der Waals surface area contributed by atoms with Crippen molar-refractivity contribution < 1.29 is 9.53 Å². The molecule has 2 atom stereocenters. The van der Waals surface area contributed by atoms with Gasteiger partial charge in [0.1, 0.15) is 11.8 Å². The van der Waals surface area contributed by atoms with E-state index in [0.29, 0.717) is 5.75 Å². The van der Waals surface area contributed by atoms with Crippen LogP contribution in [0.5, 0.6) is 5.75 Å². The number of ether oxygens (including phenoxy) is 1. The fourth-order valence-corrected chi connectivity index (χ4v) is 2.74. The van der Waals surface area contributed by atoms with Crippen molar-refractivity contribution in [3.63, 3.8) is 0 Å². The first-order valence-corrected chi connectivity index (χ1v) is 7.69. The Morgan fingerprint density at radius 3 is 2.59 bits per heavy atom. The van der Waals surface area contributed by atoms with Gasteiger partial charge in [0, 0.05) is 18.6 Å². The lowest BCUT2D eigenvalue weighted by molar-refractivity contribution is -0.130. The summed E-state index contributed by atoms with van der Waals surface area (Å²) < 4.78 is 5.24. The van der Waals surface area contributed by atoms with Gasteiger partial charge >= 0.3 is 0 Å². The van der Waals surface area contributed by atoms with Crippen molar-refractivity contribution in [2.45, 2.75) is 45.3 Å². The Morgan fingerprint density at radius 2 is 2.05 bits per heavy atom. The minimum atomic E-state index is -0.105. The molecule has 1 amide bonds. The molecule has 1 fully saturated rings. The van der Waals surface area contributed by atoms with Crippen molar-refractivity contribution in [3.8, 4) is 11.8 Å². The normalized spacial score (nSPS) is 19.3. The predicted octanol–water partition coefficient (Wildman–Crippen LogP) is 2.25. The first-order valence-electron chi connectivity index (χ1n) is 7.69. The van der Waals surface area contributed by atoms with Crippen LogP contribution in [0.4, 0.5) is 0 Å². The largest absolute Gasteiger partial charge is 0.479 e. The highest BCUT2D eigenvalue weighted by Crippen LogP contribution is 2.21. The van der Waals surface area contributed by atoms with Crippen LogP contribution in [0.1, 0.15) is 38.8 Å². The van der Waals surface area contributed by atoms with Gasteiger partial charge in [-0.15, -0.1) is 0 Å². The third-order valence-corrected chi connectivity index (χ3v) is 4.00. The van der Waals surface area contributed by atoms with Crippen LogP contribution in [0.25, 0.3) is 0 Å². The van der Waals surface area contributed by atoms with E-state index in [1.165, 1.54) is 0 Å². The lowest BCUT2D eigenvalue weighted by atomic mass is 10.1. The van der Waals surface area contributed by atoms with Crippen LogP contribution >= 0.6 is 0 Å². The molecule has 2 rings (SSSR count). The average Bonchev–Trinajstić information content (AvgIpc) is 2.87. The fourth-order valence-electron chi connectivity index (χ4n) is 2.74. The molecule has 1 N–H and O–H groups in total. The third kappa shape index (κ3) is 3.77. The van der Waals surface area contributed by atoms with E-state index >= 15 is 0 Å². The molecule has 1 aliphatic heterocycles.